The monoisotopic (exact) mass is 666 g/mol. The van der Waals surface area contributed by atoms with E-state index in [1.54, 1.807) is 13.2 Å². The lowest BCUT2D eigenvalue weighted by atomic mass is 9.97. The van der Waals surface area contributed by atoms with Crippen LogP contribution in [0.25, 0.3) is 11.3 Å². The highest BCUT2D eigenvalue weighted by Gasteiger charge is 2.35. The molecule has 0 radical (unpaired) electrons. The molecule has 2 atom stereocenters. The third kappa shape index (κ3) is 8.84. The van der Waals surface area contributed by atoms with E-state index in [4.69, 9.17) is 9.47 Å². The van der Waals surface area contributed by atoms with Crippen molar-refractivity contribution in [2.75, 3.05) is 57.2 Å². The normalized spacial score (nSPS) is 15.6. The van der Waals surface area contributed by atoms with Gasteiger partial charge < -0.3 is 29.9 Å². The number of hydrogen-bond acceptors (Lipinski definition) is 11. The summed E-state index contributed by atoms with van der Waals surface area (Å²) in [6.07, 6.45) is -1.03. The minimum absolute atomic E-state index is 0.229. The van der Waals surface area contributed by atoms with Crippen LogP contribution in [0.5, 0.6) is 5.75 Å². The fourth-order valence-electron chi connectivity index (χ4n) is 5.41. The molecule has 1 saturated heterocycles. The highest BCUT2D eigenvalue weighted by Crippen LogP contribution is 2.41. The van der Waals surface area contributed by atoms with Crippen molar-refractivity contribution in [2.45, 2.75) is 52.1 Å². The van der Waals surface area contributed by atoms with E-state index in [9.17, 15) is 28.2 Å². The highest BCUT2D eigenvalue weighted by atomic mass is 32.1. The molecule has 46 heavy (non-hydrogen) atoms. The number of aliphatic hydroxyl groups excluding tert-OH is 1. The molecule has 0 aliphatic carbocycles. The van der Waals surface area contributed by atoms with Gasteiger partial charge in [-0.3, -0.25) is 14.7 Å². The first-order chi connectivity index (χ1) is 22.0. The zero-order valence-electron chi connectivity index (χ0n) is 26.4. The molecule has 3 N–H and O–H groups in total. The maximum absolute atomic E-state index is 13.9. The number of carboxylic acids is 1. The number of alkyl halides is 3. The maximum Gasteiger partial charge on any atom is 0.419 e. The van der Waals surface area contributed by atoms with Crippen LogP contribution < -0.4 is 15.0 Å². The molecule has 3 heterocycles. The molecule has 4 rings (SSSR count). The second-order valence-corrected chi connectivity index (χ2v) is 12.3. The van der Waals surface area contributed by atoms with Crippen LogP contribution in [0.15, 0.2) is 30.6 Å². The van der Waals surface area contributed by atoms with Crippen molar-refractivity contribution < 1.29 is 37.7 Å². The van der Waals surface area contributed by atoms with Crippen molar-refractivity contribution in [2.24, 2.45) is 11.8 Å². The van der Waals surface area contributed by atoms with Crippen LogP contribution >= 0.6 is 11.3 Å². The predicted octanol–water partition coefficient (Wildman–Crippen LogP) is 5.53. The molecule has 1 unspecified atom stereocenters. The first-order valence-corrected chi connectivity index (χ1v) is 16.0. The first-order valence-electron chi connectivity index (χ1n) is 15.2. The number of nitrogens with one attached hydrogen (secondary N) is 1. The van der Waals surface area contributed by atoms with Crippen molar-refractivity contribution in [3.8, 4) is 17.0 Å². The van der Waals surface area contributed by atoms with Gasteiger partial charge in [-0.2, -0.15) is 13.2 Å². The van der Waals surface area contributed by atoms with Gasteiger partial charge in [0.15, 0.2) is 11.4 Å². The number of methoxy groups -OCH3 is 2. The van der Waals surface area contributed by atoms with Crippen LogP contribution in [0.3, 0.4) is 0 Å². The number of aliphatic carboxylic acids is 1. The second-order valence-electron chi connectivity index (χ2n) is 11.2. The van der Waals surface area contributed by atoms with Gasteiger partial charge in [-0.15, -0.1) is 11.3 Å². The van der Waals surface area contributed by atoms with E-state index < -0.39 is 23.9 Å². The molecule has 0 saturated carbocycles. The van der Waals surface area contributed by atoms with Gasteiger partial charge in [-0.1, -0.05) is 13.8 Å². The number of carboxylic acid groups (broad SMARTS) is 1. The van der Waals surface area contributed by atoms with Gasteiger partial charge in [0.1, 0.15) is 17.3 Å². The number of ether oxygens (including phenoxy) is 2. The van der Waals surface area contributed by atoms with E-state index in [1.165, 1.54) is 36.9 Å². The summed E-state index contributed by atoms with van der Waals surface area (Å²) in [5.41, 5.74) is -0.0242. The Morgan fingerprint density at radius 2 is 1.93 bits per heavy atom. The lowest BCUT2D eigenvalue weighted by Gasteiger charge is -2.30. The average molecular weight is 667 g/mol. The van der Waals surface area contributed by atoms with E-state index in [-0.39, 0.29) is 28.8 Å². The third-order valence-corrected chi connectivity index (χ3v) is 9.12. The summed E-state index contributed by atoms with van der Waals surface area (Å²) in [4.78, 5) is 29.6. The zero-order chi connectivity index (χ0) is 33.4. The number of aromatic nitrogens is 3. The molecule has 1 fully saturated rings. The Kier molecular flexibility index (Phi) is 12.2. The Labute approximate surface area is 270 Å². The molecule has 2 aromatic heterocycles. The molecule has 1 aliphatic heterocycles. The number of nitrogens with zero attached hydrogens (tertiary/aromatic N) is 5. The second kappa shape index (κ2) is 15.8. The summed E-state index contributed by atoms with van der Waals surface area (Å²) in [6, 6.07) is 3.87. The van der Waals surface area contributed by atoms with Crippen molar-refractivity contribution in [3.05, 3.63) is 46.7 Å². The Bertz CT molecular complexity index is 1430. The van der Waals surface area contributed by atoms with Gasteiger partial charge in [0.2, 0.25) is 0 Å². The highest BCUT2D eigenvalue weighted by molar-refractivity contribution is 7.16. The number of carbonyl (C=O) groups is 1. The average Bonchev–Trinajstić information content (AvgIpc) is 3.44. The number of aliphatic hydroxyl groups is 1. The van der Waals surface area contributed by atoms with Crippen molar-refractivity contribution in [1.29, 1.82) is 0 Å². The molecule has 252 valence electrons. The summed E-state index contributed by atoms with van der Waals surface area (Å²) in [5.74, 6) is -0.588. The molecule has 3 aromatic rings. The minimum Gasteiger partial charge on any atom is -0.496 e. The van der Waals surface area contributed by atoms with Crippen LogP contribution in [-0.4, -0.2) is 83.0 Å². The van der Waals surface area contributed by atoms with Crippen LogP contribution in [-0.2, 0) is 22.3 Å². The summed E-state index contributed by atoms with van der Waals surface area (Å²) >= 11 is 1.25. The van der Waals surface area contributed by atoms with Gasteiger partial charge in [0.25, 0.3) is 0 Å². The van der Waals surface area contributed by atoms with Crippen LogP contribution in [0, 0.1) is 11.8 Å². The number of benzene rings is 1. The van der Waals surface area contributed by atoms with E-state index in [2.05, 4.69) is 32.1 Å². The Hall–Kier alpha value is -3.53. The van der Waals surface area contributed by atoms with Crippen molar-refractivity contribution in [1.82, 2.24) is 19.9 Å². The molecule has 1 aromatic carbocycles. The Morgan fingerprint density at radius 3 is 2.50 bits per heavy atom. The maximum atomic E-state index is 13.9. The van der Waals surface area contributed by atoms with Crippen molar-refractivity contribution in [3.63, 3.8) is 0 Å². The van der Waals surface area contributed by atoms with E-state index in [0.717, 1.165) is 23.9 Å². The Balaban J connectivity index is 1.58. The van der Waals surface area contributed by atoms with E-state index in [0.29, 0.717) is 62.3 Å². The number of anilines is 2. The van der Waals surface area contributed by atoms with E-state index in [1.807, 2.05) is 11.8 Å². The van der Waals surface area contributed by atoms with Gasteiger partial charge in [-0.25, -0.2) is 9.97 Å². The molecule has 0 amide bonds. The van der Waals surface area contributed by atoms with Gasteiger partial charge in [0.05, 0.1) is 43.3 Å². The zero-order valence-corrected chi connectivity index (χ0v) is 27.2. The van der Waals surface area contributed by atoms with Crippen molar-refractivity contribution >= 4 is 28.3 Å². The fraction of sp³-hybridized carbons (Fsp3) is 0.548. The molecule has 15 heteroatoms. The topological polar surface area (TPSA) is 133 Å². The SMILES string of the molecule is CC[C@H](COC)CN(CC)Cc1sc(NC(O)c2cnc(N3CCC(C(=O)O)CC3)cn2)nc1-c1ccc(OC)c(C(F)(F)F)c1. The fourth-order valence-corrected chi connectivity index (χ4v) is 6.46. The number of hydrogen-bond donors (Lipinski definition) is 3. The Morgan fingerprint density at radius 1 is 1.20 bits per heavy atom. The summed E-state index contributed by atoms with van der Waals surface area (Å²) in [5, 5.41) is 23.5. The first kappa shape index (κ1) is 35.3. The number of thiazole rings is 1. The minimum atomic E-state index is -4.63. The molecule has 11 nitrogen and oxygen atoms in total. The summed E-state index contributed by atoms with van der Waals surface area (Å²) in [6.45, 7) is 7.65. The lowest BCUT2D eigenvalue weighted by molar-refractivity contribution is -0.142. The smallest absolute Gasteiger partial charge is 0.419 e. The predicted molar refractivity (Wildman–Crippen MR) is 169 cm³/mol. The molecule has 0 bridgehead atoms. The lowest BCUT2D eigenvalue weighted by Crippen LogP contribution is -2.36. The van der Waals surface area contributed by atoms with Gasteiger partial charge in [0, 0.05) is 43.7 Å². The van der Waals surface area contributed by atoms with Crippen LogP contribution in [0.4, 0.5) is 24.1 Å². The molecule has 1 aliphatic rings. The number of piperidine rings is 1. The van der Waals surface area contributed by atoms with Gasteiger partial charge in [-0.05, 0) is 49.9 Å². The van der Waals surface area contributed by atoms with E-state index >= 15 is 0 Å². The van der Waals surface area contributed by atoms with Crippen LogP contribution in [0.2, 0.25) is 0 Å². The standard InChI is InChI=1S/C31H41F3N6O5S/c1-5-19(18-44-3)16-39(6-2)17-25-27(21-7-8-24(45-4)22(13-21)31(32,33)34)37-30(46-25)38-28(41)23-14-36-26(15-35-23)40-11-9-20(10-12-40)29(42)43/h7-8,13-15,19-20,28,41H,5-6,9-12,16-18H2,1-4H3,(H,37,38)(H,42,43)/t19-,28?/m0/s1. The summed E-state index contributed by atoms with van der Waals surface area (Å²) < 4.78 is 52.1. The number of rotatable bonds is 15. The quantitative estimate of drug-likeness (QED) is 0.177. The molecular weight excluding hydrogens is 625 g/mol. The third-order valence-electron chi connectivity index (χ3n) is 8.15. The molecule has 0 spiro atoms. The van der Waals surface area contributed by atoms with Gasteiger partial charge >= 0.3 is 12.1 Å². The summed E-state index contributed by atoms with van der Waals surface area (Å²) in [7, 11) is 2.86. The molecular formula is C31H41F3N6O5S. The number of halogens is 3. The van der Waals surface area contributed by atoms with Crippen LogP contribution in [0.1, 0.15) is 55.5 Å². The largest absolute Gasteiger partial charge is 0.496 e.